The summed E-state index contributed by atoms with van der Waals surface area (Å²) in [5, 5.41) is 5.28. The Morgan fingerprint density at radius 2 is 1.88 bits per heavy atom. The number of nitrogens with one attached hydrogen (secondary N) is 1. The smallest absolute Gasteiger partial charge is 0.261 e. The second kappa shape index (κ2) is 7.72. The summed E-state index contributed by atoms with van der Waals surface area (Å²) in [6, 6.07) is 9.04. The van der Waals surface area contributed by atoms with E-state index in [1.54, 1.807) is 17.5 Å². The fraction of sp³-hybridized carbons (Fsp3) is 0.111. The van der Waals surface area contributed by atoms with Gasteiger partial charge in [0.05, 0.1) is 30.5 Å². The quantitative estimate of drug-likeness (QED) is 0.672. The van der Waals surface area contributed by atoms with Crippen molar-refractivity contribution in [3.8, 4) is 22.8 Å². The molecule has 1 amide bonds. The van der Waals surface area contributed by atoms with Gasteiger partial charge in [0.25, 0.3) is 5.91 Å². The van der Waals surface area contributed by atoms with Crippen LogP contribution in [-0.4, -0.2) is 25.1 Å². The molecule has 0 radical (unpaired) electrons. The molecule has 5 nitrogen and oxygen atoms in total. The monoisotopic (exact) mass is 392 g/mol. The lowest BCUT2D eigenvalue weighted by Crippen LogP contribution is -2.13. The molecule has 0 fully saturated rings. The van der Waals surface area contributed by atoms with Gasteiger partial charge in [0.15, 0.2) is 5.13 Å². The highest BCUT2D eigenvalue weighted by Gasteiger charge is 2.16. The van der Waals surface area contributed by atoms with Gasteiger partial charge in [0.2, 0.25) is 0 Å². The Bertz CT molecular complexity index is 961. The van der Waals surface area contributed by atoms with E-state index in [0.29, 0.717) is 21.6 Å². The lowest BCUT2D eigenvalue weighted by atomic mass is 10.1. The number of ether oxygens (including phenoxy) is 2. The van der Waals surface area contributed by atoms with Gasteiger partial charge < -0.3 is 9.47 Å². The largest absolute Gasteiger partial charge is 0.496 e. The Kier molecular flexibility index (Phi) is 5.39. The van der Waals surface area contributed by atoms with E-state index in [0.717, 1.165) is 11.6 Å². The number of anilines is 1. The van der Waals surface area contributed by atoms with Gasteiger partial charge >= 0.3 is 0 Å². The van der Waals surface area contributed by atoms with Gasteiger partial charge in [0.1, 0.15) is 17.3 Å². The first kappa shape index (κ1) is 18.2. The second-order valence-electron chi connectivity index (χ2n) is 5.19. The van der Waals surface area contributed by atoms with E-state index in [1.807, 2.05) is 6.07 Å². The van der Waals surface area contributed by atoms with Crippen molar-refractivity contribution < 1.29 is 18.7 Å². The number of benzene rings is 2. The molecule has 3 rings (SSSR count). The Hall–Kier alpha value is -2.64. The third-order valence-electron chi connectivity index (χ3n) is 3.58. The first-order chi connectivity index (χ1) is 12.5. The summed E-state index contributed by atoms with van der Waals surface area (Å²) >= 11 is 7.38. The molecular weight excluding hydrogens is 379 g/mol. The zero-order valence-electron chi connectivity index (χ0n) is 13.9. The molecule has 0 aliphatic carbocycles. The normalized spacial score (nSPS) is 10.5. The Labute approximate surface area is 158 Å². The number of amides is 1. The number of halogens is 2. The molecule has 8 heteroatoms. The van der Waals surface area contributed by atoms with Crippen LogP contribution in [-0.2, 0) is 0 Å². The van der Waals surface area contributed by atoms with Crippen molar-refractivity contribution in [2.45, 2.75) is 0 Å². The zero-order chi connectivity index (χ0) is 18.7. The molecular formula is C18H14ClFN2O3S. The molecule has 3 aromatic rings. The minimum Gasteiger partial charge on any atom is -0.496 e. The van der Waals surface area contributed by atoms with E-state index in [2.05, 4.69) is 10.3 Å². The molecule has 1 aromatic heterocycles. The summed E-state index contributed by atoms with van der Waals surface area (Å²) in [4.78, 5) is 16.8. The molecule has 1 N–H and O–H groups in total. The van der Waals surface area contributed by atoms with Crippen molar-refractivity contribution in [3.63, 3.8) is 0 Å². The molecule has 0 saturated heterocycles. The van der Waals surface area contributed by atoms with Crippen molar-refractivity contribution in [1.29, 1.82) is 0 Å². The highest BCUT2D eigenvalue weighted by Crippen LogP contribution is 2.32. The van der Waals surface area contributed by atoms with E-state index >= 15 is 0 Å². The van der Waals surface area contributed by atoms with Crippen molar-refractivity contribution in [1.82, 2.24) is 4.98 Å². The fourth-order valence-electron chi connectivity index (χ4n) is 2.31. The minimum atomic E-state index is -0.524. The van der Waals surface area contributed by atoms with Crippen LogP contribution in [0.5, 0.6) is 11.5 Å². The Balaban J connectivity index is 1.81. The van der Waals surface area contributed by atoms with Gasteiger partial charge in [0, 0.05) is 10.9 Å². The lowest BCUT2D eigenvalue weighted by Gasteiger charge is -2.07. The van der Waals surface area contributed by atoms with Gasteiger partial charge in [-0.3, -0.25) is 10.1 Å². The summed E-state index contributed by atoms with van der Waals surface area (Å²) in [5.74, 6) is -0.182. The van der Waals surface area contributed by atoms with Crippen LogP contribution in [0.3, 0.4) is 0 Å². The first-order valence-electron chi connectivity index (χ1n) is 7.46. The van der Waals surface area contributed by atoms with E-state index in [1.165, 1.54) is 37.7 Å². The predicted octanol–water partition coefficient (Wildman–Crippen LogP) is 4.87. The van der Waals surface area contributed by atoms with Crippen LogP contribution < -0.4 is 14.8 Å². The lowest BCUT2D eigenvalue weighted by molar-refractivity contribution is 0.102. The van der Waals surface area contributed by atoms with Crippen molar-refractivity contribution >= 4 is 34.0 Å². The van der Waals surface area contributed by atoms with Gasteiger partial charge in [-0.2, -0.15) is 0 Å². The topological polar surface area (TPSA) is 60.5 Å². The van der Waals surface area contributed by atoms with Gasteiger partial charge in [-0.15, -0.1) is 11.3 Å². The standard InChI is InChI=1S/C18H14ClFN2O3S/c1-24-15-6-4-11(20)8-12(15)17(23)22-18-21-14(9-26-18)10-3-5-16(25-2)13(19)7-10/h3-9H,1-2H3,(H,21,22,23). The number of rotatable bonds is 5. The van der Waals surface area contributed by atoms with E-state index in [9.17, 15) is 9.18 Å². The number of hydrogen-bond acceptors (Lipinski definition) is 5. The van der Waals surface area contributed by atoms with Gasteiger partial charge in [-0.05, 0) is 36.4 Å². The maximum absolute atomic E-state index is 13.4. The van der Waals surface area contributed by atoms with Crippen LogP contribution in [0.2, 0.25) is 5.02 Å². The molecule has 0 aliphatic heterocycles. The molecule has 0 saturated carbocycles. The van der Waals surface area contributed by atoms with Crippen LogP contribution >= 0.6 is 22.9 Å². The molecule has 0 aliphatic rings. The van der Waals surface area contributed by atoms with E-state index < -0.39 is 11.7 Å². The molecule has 1 heterocycles. The van der Waals surface area contributed by atoms with Crippen LogP contribution in [0.4, 0.5) is 9.52 Å². The third-order valence-corrected chi connectivity index (χ3v) is 4.63. The molecule has 134 valence electrons. The van der Waals surface area contributed by atoms with Crippen LogP contribution in [0.1, 0.15) is 10.4 Å². The molecule has 0 bridgehead atoms. The Morgan fingerprint density at radius 3 is 2.58 bits per heavy atom. The van der Waals surface area contributed by atoms with E-state index in [-0.39, 0.29) is 11.3 Å². The van der Waals surface area contributed by atoms with Crippen LogP contribution in [0, 0.1) is 5.82 Å². The summed E-state index contributed by atoms with van der Waals surface area (Å²) < 4.78 is 23.7. The maximum atomic E-state index is 13.4. The predicted molar refractivity (Wildman–Crippen MR) is 100 cm³/mol. The van der Waals surface area contributed by atoms with Crippen LogP contribution in [0.25, 0.3) is 11.3 Å². The summed E-state index contributed by atoms with van der Waals surface area (Å²) in [5.41, 5.74) is 1.54. The number of aromatic nitrogens is 1. The third kappa shape index (κ3) is 3.79. The average Bonchev–Trinajstić information content (AvgIpc) is 3.10. The number of carbonyl (C=O) groups excluding carboxylic acids is 1. The van der Waals surface area contributed by atoms with Gasteiger partial charge in [-0.1, -0.05) is 11.6 Å². The summed E-state index contributed by atoms with van der Waals surface area (Å²) in [7, 11) is 2.96. The maximum Gasteiger partial charge on any atom is 0.261 e. The van der Waals surface area contributed by atoms with Crippen molar-refractivity contribution in [2.24, 2.45) is 0 Å². The van der Waals surface area contributed by atoms with Crippen molar-refractivity contribution in [3.05, 3.63) is 58.2 Å². The number of hydrogen-bond donors (Lipinski definition) is 1. The Morgan fingerprint density at radius 1 is 1.15 bits per heavy atom. The summed E-state index contributed by atoms with van der Waals surface area (Å²) in [6.45, 7) is 0. The number of nitrogens with zero attached hydrogens (tertiary/aromatic N) is 1. The average molecular weight is 393 g/mol. The number of carbonyl (C=O) groups is 1. The highest BCUT2D eigenvalue weighted by atomic mass is 35.5. The first-order valence-corrected chi connectivity index (χ1v) is 8.72. The molecule has 0 atom stereocenters. The second-order valence-corrected chi connectivity index (χ2v) is 6.45. The van der Waals surface area contributed by atoms with Crippen molar-refractivity contribution in [2.75, 3.05) is 19.5 Å². The fourth-order valence-corrected chi connectivity index (χ4v) is 3.28. The summed E-state index contributed by atoms with van der Waals surface area (Å²) in [6.07, 6.45) is 0. The molecule has 0 spiro atoms. The number of thiazole rings is 1. The molecule has 26 heavy (non-hydrogen) atoms. The molecule has 2 aromatic carbocycles. The van der Waals surface area contributed by atoms with Gasteiger partial charge in [-0.25, -0.2) is 9.37 Å². The van der Waals surface area contributed by atoms with Crippen LogP contribution in [0.15, 0.2) is 41.8 Å². The van der Waals surface area contributed by atoms with E-state index in [4.69, 9.17) is 21.1 Å². The highest BCUT2D eigenvalue weighted by molar-refractivity contribution is 7.14. The molecule has 0 unspecified atom stereocenters. The number of methoxy groups -OCH3 is 2. The zero-order valence-corrected chi connectivity index (χ0v) is 15.5. The minimum absolute atomic E-state index is 0.0942. The SMILES string of the molecule is COc1ccc(-c2csc(NC(=O)c3cc(F)ccc3OC)n2)cc1Cl.